The number of ether oxygens (including phenoxy) is 1. The van der Waals surface area contributed by atoms with Crippen LogP contribution in [0.1, 0.15) is 39.2 Å². The number of aromatic nitrogens is 1. The Balaban J connectivity index is 2.03. The van der Waals surface area contributed by atoms with Gasteiger partial charge in [0.05, 0.1) is 0 Å². The molecule has 0 bridgehead atoms. The first-order valence-corrected chi connectivity index (χ1v) is 6.78. The van der Waals surface area contributed by atoms with Gasteiger partial charge in [0.15, 0.2) is 5.58 Å². The number of nitrogens with zero attached hydrogens (tertiary/aromatic N) is 1. The molecule has 2 aromatic rings. The van der Waals surface area contributed by atoms with E-state index in [1.165, 1.54) is 0 Å². The number of hydrogen-bond acceptors (Lipinski definition) is 6. The summed E-state index contributed by atoms with van der Waals surface area (Å²) in [4.78, 5) is 16.0. The van der Waals surface area contributed by atoms with Gasteiger partial charge in [0.1, 0.15) is 23.3 Å². The van der Waals surface area contributed by atoms with Crippen LogP contribution in [0.15, 0.2) is 28.7 Å². The first-order valence-electron chi connectivity index (χ1n) is 6.78. The van der Waals surface area contributed by atoms with Crippen LogP contribution in [0.25, 0.3) is 11.1 Å². The second-order valence-electron chi connectivity index (χ2n) is 5.91. The molecule has 0 aliphatic heterocycles. The second-order valence-corrected chi connectivity index (χ2v) is 5.91. The average molecular weight is 292 g/mol. The minimum atomic E-state index is -1.06. The zero-order valence-electron chi connectivity index (χ0n) is 12.4. The van der Waals surface area contributed by atoms with Crippen LogP contribution < -0.4 is 5.73 Å². The molecule has 6 nitrogen and oxygen atoms in total. The number of rotatable bonds is 4. The summed E-state index contributed by atoms with van der Waals surface area (Å²) in [5.41, 5.74) is 6.37. The molecule has 21 heavy (non-hydrogen) atoms. The monoisotopic (exact) mass is 292 g/mol. The number of aliphatic hydroxyl groups is 1. The Bertz CT molecular complexity index is 597. The number of hydrogen-bond donors (Lipinski definition) is 2. The molecule has 0 aliphatic carbocycles. The van der Waals surface area contributed by atoms with Crippen LogP contribution in [0.5, 0.6) is 0 Å². The summed E-state index contributed by atoms with van der Waals surface area (Å²) in [6.07, 6.45) is -1.07. The minimum Gasteiger partial charge on any atom is -0.459 e. The van der Waals surface area contributed by atoms with Crippen molar-refractivity contribution in [3.8, 4) is 0 Å². The van der Waals surface area contributed by atoms with Gasteiger partial charge in [0.2, 0.25) is 5.89 Å². The maximum atomic E-state index is 11.8. The van der Waals surface area contributed by atoms with E-state index in [1.807, 2.05) is 12.1 Å². The van der Waals surface area contributed by atoms with Crippen molar-refractivity contribution < 1.29 is 19.1 Å². The third kappa shape index (κ3) is 4.03. The van der Waals surface area contributed by atoms with E-state index in [-0.39, 0.29) is 12.3 Å². The molecular weight excluding hydrogens is 272 g/mol. The van der Waals surface area contributed by atoms with Crippen molar-refractivity contribution in [2.75, 3.05) is 0 Å². The van der Waals surface area contributed by atoms with E-state index in [1.54, 1.807) is 32.9 Å². The summed E-state index contributed by atoms with van der Waals surface area (Å²) in [5.74, 6) is -0.409. The van der Waals surface area contributed by atoms with Crippen LogP contribution >= 0.6 is 0 Å². The van der Waals surface area contributed by atoms with Gasteiger partial charge in [0, 0.05) is 6.42 Å². The van der Waals surface area contributed by atoms with Crippen molar-refractivity contribution in [1.29, 1.82) is 0 Å². The molecule has 114 valence electrons. The van der Waals surface area contributed by atoms with Gasteiger partial charge in [-0.25, -0.2) is 4.98 Å². The van der Waals surface area contributed by atoms with Crippen LogP contribution in [0.2, 0.25) is 0 Å². The number of oxazole rings is 1. The largest absolute Gasteiger partial charge is 0.459 e. The average Bonchev–Trinajstić information content (AvgIpc) is 2.80. The lowest BCUT2D eigenvalue weighted by atomic mass is 10.1. The summed E-state index contributed by atoms with van der Waals surface area (Å²) < 4.78 is 10.6. The Morgan fingerprint density at radius 3 is 2.71 bits per heavy atom. The van der Waals surface area contributed by atoms with Crippen molar-refractivity contribution in [3.05, 3.63) is 30.2 Å². The maximum Gasteiger partial charge on any atom is 0.323 e. The van der Waals surface area contributed by atoms with Crippen molar-refractivity contribution in [2.45, 2.75) is 44.9 Å². The van der Waals surface area contributed by atoms with Crippen molar-refractivity contribution >= 4 is 17.1 Å². The summed E-state index contributed by atoms with van der Waals surface area (Å²) >= 11 is 0. The first-order chi connectivity index (χ1) is 9.76. The molecule has 0 radical (unpaired) electrons. The molecule has 0 saturated heterocycles. The molecule has 0 amide bonds. The maximum absolute atomic E-state index is 11.8. The fourth-order valence-electron chi connectivity index (χ4n) is 1.85. The van der Waals surface area contributed by atoms with Crippen molar-refractivity contribution in [3.63, 3.8) is 0 Å². The number of carbonyl (C=O) groups excluding carboxylic acids is 1. The molecule has 2 atom stereocenters. The van der Waals surface area contributed by atoms with Gasteiger partial charge in [-0.3, -0.25) is 4.79 Å². The number of para-hydroxylation sites is 2. The topological polar surface area (TPSA) is 98.6 Å². The van der Waals surface area contributed by atoms with Gasteiger partial charge in [-0.15, -0.1) is 0 Å². The number of benzene rings is 1. The molecule has 3 N–H and O–H groups in total. The van der Waals surface area contributed by atoms with Crippen LogP contribution in [0, 0.1) is 0 Å². The lowest BCUT2D eigenvalue weighted by Gasteiger charge is -2.22. The molecule has 2 rings (SSSR count). The van der Waals surface area contributed by atoms with Crippen LogP contribution in [-0.4, -0.2) is 27.7 Å². The van der Waals surface area contributed by atoms with E-state index < -0.39 is 23.7 Å². The van der Waals surface area contributed by atoms with Gasteiger partial charge >= 0.3 is 5.97 Å². The quantitative estimate of drug-likeness (QED) is 0.835. The van der Waals surface area contributed by atoms with Gasteiger partial charge in [-0.1, -0.05) is 12.1 Å². The molecule has 1 aromatic heterocycles. The number of nitrogens with two attached hydrogens (primary N) is 1. The zero-order chi connectivity index (χ0) is 15.6. The Kier molecular flexibility index (Phi) is 4.29. The highest BCUT2D eigenvalue weighted by Gasteiger charge is 2.26. The fourth-order valence-corrected chi connectivity index (χ4v) is 1.85. The predicted molar refractivity (Wildman–Crippen MR) is 77.4 cm³/mol. The predicted octanol–water partition coefficient (Wildman–Crippen LogP) is 1.92. The highest BCUT2D eigenvalue weighted by molar-refractivity contribution is 5.76. The third-order valence-corrected chi connectivity index (χ3v) is 2.78. The zero-order valence-corrected chi connectivity index (χ0v) is 12.4. The van der Waals surface area contributed by atoms with E-state index in [0.717, 1.165) is 0 Å². The standard InChI is InChI=1S/C15H20N2O4/c1-15(2,3)21-14(19)9(16)8-11(18)13-17-10-6-4-5-7-12(10)20-13/h4-7,9,11,18H,8,16H2,1-3H3. The summed E-state index contributed by atoms with van der Waals surface area (Å²) in [6.45, 7) is 5.28. The van der Waals surface area contributed by atoms with E-state index in [2.05, 4.69) is 4.98 Å². The molecule has 0 fully saturated rings. The highest BCUT2D eigenvalue weighted by Crippen LogP contribution is 2.23. The van der Waals surface area contributed by atoms with Gasteiger partial charge in [-0.05, 0) is 32.9 Å². The Morgan fingerprint density at radius 1 is 1.43 bits per heavy atom. The van der Waals surface area contributed by atoms with Crippen LogP contribution in [0.4, 0.5) is 0 Å². The van der Waals surface area contributed by atoms with E-state index in [9.17, 15) is 9.90 Å². The molecule has 1 aromatic carbocycles. The summed E-state index contributed by atoms with van der Waals surface area (Å²) in [7, 11) is 0. The van der Waals surface area contributed by atoms with Crippen LogP contribution in [0.3, 0.4) is 0 Å². The van der Waals surface area contributed by atoms with Crippen molar-refractivity contribution in [2.24, 2.45) is 5.73 Å². The molecule has 2 unspecified atom stereocenters. The molecular formula is C15H20N2O4. The van der Waals surface area contributed by atoms with E-state index in [0.29, 0.717) is 11.1 Å². The molecule has 0 saturated carbocycles. The SMILES string of the molecule is CC(C)(C)OC(=O)C(N)CC(O)c1nc2ccccc2o1. The van der Waals surface area contributed by atoms with E-state index in [4.69, 9.17) is 14.9 Å². The Morgan fingerprint density at radius 2 is 2.10 bits per heavy atom. The summed E-state index contributed by atoms with van der Waals surface area (Å²) in [5, 5.41) is 10.1. The lowest BCUT2D eigenvalue weighted by molar-refractivity contribution is -0.157. The molecule has 0 spiro atoms. The summed E-state index contributed by atoms with van der Waals surface area (Å²) in [6, 6.07) is 6.24. The number of fused-ring (bicyclic) bond motifs is 1. The normalized spacial score (nSPS) is 14.9. The second kappa shape index (κ2) is 5.83. The van der Waals surface area contributed by atoms with Crippen LogP contribution in [-0.2, 0) is 9.53 Å². The number of carbonyl (C=O) groups is 1. The van der Waals surface area contributed by atoms with E-state index >= 15 is 0 Å². The lowest BCUT2D eigenvalue weighted by Crippen LogP contribution is -2.38. The number of esters is 1. The smallest absolute Gasteiger partial charge is 0.323 e. The molecule has 0 aliphatic rings. The highest BCUT2D eigenvalue weighted by atomic mass is 16.6. The molecule has 1 heterocycles. The van der Waals surface area contributed by atoms with Gasteiger partial charge in [-0.2, -0.15) is 0 Å². The van der Waals surface area contributed by atoms with Gasteiger partial charge < -0.3 is 20.0 Å². The Hall–Kier alpha value is -1.92. The fraction of sp³-hybridized carbons (Fsp3) is 0.467. The van der Waals surface area contributed by atoms with Gasteiger partial charge in [0.25, 0.3) is 0 Å². The third-order valence-electron chi connectivity index (χ3n) is 2.78. The Labute approximate surface area is 122 Å². The molecule has 6 heteroatoms. The minimum absolute atomic E-state index is 0.0122. The van der Waals surface area contributed by atoms with Crippen molar-refractivity contribution in [1.82, 2.24) is 4.98 Å². The first kappa shape index (κ1) is 15.5. The number of aliphatic hydroxyl groups excluding tert-OH is 1.